The summed E-state index contributed by atoms with van der Waals surface area (Å²) in [6.45, 7) is 0. The van der Waals surface area contributed by atoms with Crippen LogP contribution in [0.3, 0.4) is 0 Å². The van der Waals surface area contributed by atoms with Gasteiger partial charge < -0.3 is 9.64 Å². The van der Waals surface area contributed by atoms with E-state index in [9.17, 15) is 0 Å². The van der Waals surface area contributed by atoms with E-state index in [1.54, 1.807) is 0 Å². The first-order valence-corrected chi connectivity index (χ1v) is 7.95. The van der Waals surface area contributed by atoms with Gasteiger partial charge in [0.2, 0.25) is 0 Å². The molecule has 0 aliphatic rings. The highest BCUT2D eigenvalue weighted by atomic mass is 16.5. The molecule has 1 heterocycles. The fourth-order valence-electron chi connectivity index (χ4n) is 2.84. The molecule has 1 aromatic heterocycles. The summed E-state index contributed by atoms with van der Waals surface area (Å²) in [5, 5.41) is 2.04. The van der Waals surface area contributed by atoms with Crippen molar-refractivity contribution in [3.05, 3.63) is 72.8 Å². The Labute approximate surface area is 141 Å². The maximum atomic E-state index is 6.28. The summed E-state index contributed by atoms with van der Waals surface area (Å²) in [7, 11) is 4.07. The van der Waals surface area contributed by atoms with Crippen molar-refractivity contribution in [1.29, 1.82) is 0 Å². The lowest BCUT2D eigenvalue weighted by atomic mass is 10.1. The standard InChI is InChI=1S/C21H18N2O/c1-23(2)15-12-13-20-18(14-15)21(24-16-8-4-3-5-9-16)17-10-6-7-11-19(17)22-20/h3-14H,1-2H3. The number of para-hydroxylation sites is 2. The molecule has 0 aliphatic heterocycles. The predicted molar refractivity (Wildman–Crippen MR) is 100 cm³/mol. The second-order valence-electron chi connectivity index (χ2n) is 5.97. The smallest absolute Gasteiger partial charge is 0.146 e. The van der Waals surface area contributed by atoms with Crippen molar-refractivity contribution in [2.24, 2.45) is 0 Å². The Morgan fingerprint density at radius 3 is 2.25 bits per heavy atom. The molecule has 4 rings (SSSR count). The van der Waals surface area contributed by atoms with Crippen LogP contribution in [0.1, 0.15) is 0 Å². The van der Waals surface area contributed by atoms with Gasteiger partial charge in [0.05, 0.1) is 11.0 Å². The fraction of sp³-hybridized carbons (Fsp3) is 0.0952. The summed E-state index contributed by atoms with van der Waals surface area (Å²) < 4.78 is 6.28. The van der Waals surface area contributed by atoms with Gasteiger partial charge in [-0.05, 0) is 42.5 Å². The molecular weight excluding hydrogens is 296 g/mol. The minimum atomic E-state index is 0.824. The number of nitrogens with zero attached hydrogens (tertiary/aromatic N) is 2. The minimum Gasteiger partial charge on any atom is -0.456 e. The number of rotatable bonds is 3. The average molecular weight is 314 g/mol. The van der Waals surface area contributed by atoms with E-state index >= 15 is 0 Å². The number of anilines is 1. The first-order chi connectivity index (χ1) is 11.7. The zero-order valence-corrected chi connectivity index (χ0v) is 13.7. The van der Waals surface area contributed by atoms with Gasteiger partial charge in [0, 0.05) is 30.6 Å². The summed E-state index contributed by atoms with van der Waals surface area (Å²) in [6.07, 6.45) is 0. The molecule has 3 aromatic carbocycles. The summed E-state index contributed by atoms with van der Waals surface area (Å²) in [4.78, 5) is 6.87. The summed E-state index contributed by atoms with van der Waals surface area (Å²) in [5.41, 5.74) is 3.00. The van der Waals surface area contributed by atoms with E-state index in [2.05, 4.69) is 29.2 Å². The molecule has 4 aromatic rings. The number of ether oxygens (including phenoxy) is 1. The quantitative estimate of drug-likeness (QED) is 0.483. The number of aromatic nitrogens is 1. The van der Waals surface area contributed by atoms with Gasteiger partial charge in [-0.25, -0.2) is 4.98 Å². The number of hydrogen-bond acceptors (Lipinski definition) is 3. The van der Waals surface area contributed by atoms with Crippen LogP contribution in [0.25, 0.3) is 21.8 Å². The van der Waals surface area contributed by atoms with Crippen molar-refractivity contribution >= 4 is 27.5 Å². The van der Waals surface area contributed by atoms with Gasteiger partial charge in [-0.15, -0.1) is 0 Å². The lowest BCUT2D eigenvalue weighted by molar-refractivity contribution is 0.493. The average Bonchev–Trinajstić information content (AvgIpc) is 2.62. The maximum absolute atomic E-state index is 6.28. The molecule has 3 heteroatoms. The third kappa shape index (κ3) is 2.54. The van der Waals surface area contributed by atoms with Gasteiger partial charge in [-0.1, -0.05) is 30.3 Å². The molecule has 0 amide bonds. The van der Waals surface area contributed by atoms with E-state index in [0.717, 1.165) is 39.0 Å². The van der Waals surface area contributed by atoms with Crippen LogP contribution in [-0.2, 0) is 0 Å². The molecule has 3 nitrogen and oxygen atoms in total. The molecule has 0 aliphatic carbocycles. The molecule has 0 radical (unpaired) electrons. The van der Waals surface area contributed by atoms with Crippen LogP contribution in [0.5, 0.6) is 11.5 Å². The van der Waals surface area contributed by atoms with Crippen molar-refractivity contribution in [1.82, 2.24) is 4.98 Å². The van der Waals surface area contributed by atoms with Crippen LogP contribution < -0.4 is 9.64 Å². The molecule has 0 unspecified atom stereocenters. The monoisotopic (exact) mass is 314 g/mol. The van der Waals surface area contributed by atoms with Gasteiger partial charge in [0.25, 0.3) is 0 Å². The number of fused-ring (bicyclic) bond motifs is 2. The minimum absolute atomic E-state index is 0.824. The lowest BCUT2D eigenvalue weighted by Crippen LogP contribution is -2.08. The van der Waals surface area contributed by atoms with E-state index in [4.69, 9.17) is 9.72 Å². The van der Waals surface area contributed by atoms with Gasteiger partial charge >= 0.3 is 0 Å². The van der Waals surface area contributed by atoms with Crippen LogP contribution in [-0.4, -0.2) is 19.1 Å². The highest BCUT2D eigenvalue weighted by Gasteiger charge is 2.12. The number of benzene rings is 3. The van der Waals surface area contributed by atoms with Crippen molar-refractivity contribution < 1.29 is 4.74 Å². The molecular formula is C21H18N2O. The molecule has 118 valence electrons. The number of pyridine rings is 1. The zero-order valence-electron chi connectivity index (χ0n) is 13.7. The Hall–Kier alpha value is -3.07. The van der Waals surface area contributed by atoms with Gasteiger partial charge in [0.15, 0.2) is 0 Å². The van der Waals surface area contributed by atoms with Crippen LogP contribution in [0, 0.1) is 0 Å². The molecule has 24 heavy (non-hydrogen) atoms. The Bertz CT molecular complexity index is 1010. The molecule has 0 saturated heterocycles. The van der Waals surface area contributed by atoms with E-state index in [1.165, 1.54) is 0 Å². The normalized spacial score (nSPS) is 10.9. The third-order valence-corrected chi connectivity index (χ3v) is 4.09. The SMILES string of the molecule is CN(C)c1ccc2nc3ccccc3c(Oc3ccccc3)c2c1. The van der Waals surface area contributed by atoms with Crippen LogP contribution in [0.15, 0.2) is 72.8 Å². The number of hydrogen-bond donors (Lipinski definition) is 0. The van der Waals surface area contributed by atoms with E-state index in [1.807, 2.05) is 62.6 Å². The molecule has 0 saturated carbocycles. The molecule has 0 N–H and O–H groups in total. The first-order valence-electron chi connectivity index (χ1n) is 7.95. The molecule has 0 spiro atoms. The zero-order chi connectivity index (χ0) is 16.5. The predicted octanol–water partition coefficient (Wildman–Crippen LogP) is 5.25. The topological polar surface area (TPSA) is 25.4 Å². The van der Waals surface area contributed by atoms with Crippen LogP contribution in [0.4, 0.5) is 5.69 Å². The second-order valence-corrected chi connectivity index (χ2v) is 5.97. The Kier molecular flexibility index (Phi) is 3.54. The maximum Gasteiger partial charge on any atom is 0.146 e. The Balaban J connectivity index is 2.01. The first kappa shape index (κ1) is 14.5. The molecule has 0 atom stereocenters. The van der Waals surface area contributed by atoms with Crippen molar-refractivity contribution in [3.63, 3.8) is 0 Å². The Morgan fingerprint density at radius 1 is 0.750 bits per heavy atom. The summed E-state index contributed by atoms with van der Waals surface area (Å²) >= 11 is 0. The Morgan fingerprint density at radius 2 is 1.46 bits per heavy atom. The summed E-state index contributed by atoms with van der Waals surface area (Å²) in [6, 6.07) is 24.2. The second kappa shape index (κ2) is 5.85. The fourth-order valence-corrected chi connectivity index (χ4v) is 2.84. The third-order valence-electron chi connectivity index (χ3n) is 4.09. The van der Waals surface area contributed by atoms with Crippen molar-refractivity contribution in [2.75, 3.05) is 19.0 Å². The van der Waals surface area contributed by atoms with E-state index in [-0.39, 0.29) is 0 Å². The summed E-state index contributed by atoms with van der Waals surface area (Å²) in [5.74, 6) is 1.68. The van der Waals surface area contributed by atoms with Gasteiger partial charge in [-0.2, -0.15) is 0 Å². The van der Waals surface area contributed by atoms with Gasteiger partial charge in [-0.3, -0.25) is 0 Å². The highest BCUT2D eigenvalue weighted by molar-refractivity contribution is 6.02. The lowest BCUT2D eigenvalue weighted by Gasteiger charge is -2.16. The van der Waals surface area contributed by atoms with Crippen LogP contribution in [0.2, 0.25) is 0 Å². The van der Waals surface area contributed by atoms with E-state index in [0.29, 0.717) is 0 Å². The van der Waals surface area contributed by atoms with Crippen molar-refractivity contribution in [2.45, 2.75) is 0 Å². The molecule has 0 fully saturated rings. The van der Waals surface area contributed by atoms with Crippen LogP contribution >= 0.6 is 0 Å². The molecule has 0 bridgehead atoms. The van der Waals surface area contributed by atoms with Crippen molar-refractivity contribution in [3.8, 4) is 11.5 Å². The largest absolute Gasteiger partial charge is 0.456 e. The van der Waals surface area contributed by atoms with E-state index < -0.39 is 0 Å². The highest BCUT2D eigenvalue weighted by Crippen LogP contribution is 2.37. The van der Waals surface area contributed by atoms with Gasteiger partial charge in [0.1, 0.15) is 11.5 Å².